The molecule has 2 atom stereocenters. The first-order valence-electron chi connectivity index (χ1n) is 7.89. The van der Waals surface area contributed by atoms with Gasteiger partial charge in [0, 0.05) is 25.2 Å². The van der Waals surface area contributed by atoms with Gasteiger partial charge in [-0.25, -0.2) is 8.42 Å². The lowest BCUT2D eigenvalue weighted by molar-refractivity contribution is 0.0564. The van der Waals surface area contributed by atoms with Gasteiger partial charge in [0.05, 0.1) is 15.5 Å². The third-order valence-electron chi connectivity index (χ3n) is 4.80. The second kappa shape index (κ2) is 6.40. The summed E-state index contributed by atoms with van der Waals surface area (Å²) >= 11 is 6.01. The van der Waals surface area contributed by atoms with Crippen molar-refractivity contribution >= 4 is 21.6 Å². The molecule has 1 aromatic rings. The number of fused-ring (bicyclic) bond motifs is 1. The van der Waals surface area contributed by atoms with Crippen LogP contribution in [0.2, 0.25) is 5.02 Å². The van der Waals surface area contributed by atoms with Crippen molar-refractivity contribution in [1.82, 2.24) is 9.21 Å². The largest absolute Gasteiger partial charge is 0.297 e. The lowest BCUT2D eigenvalue weighted by Crippen LogP contribution is -2.59. The highest BCUT2D eigenvalue weighted by Crippen LogP contribution is 2.30. The average molecular weight is 354 g/mol. The highest BCUT2D eigenvalue weighted by atomic mass is 35.5. The van der Waals surface area contributed by atoms with E-state index in [1.807, 2.05) is 13.0 Å². The predicted octanol–water partition coefficient (Wildman–Crippen LogP) is 2.46. The molecule has 0 saturated carbocycles. The molecule has 0 aromatic heterocycles. The van der Waals surface area contributed by atoms with Crippen molar-refractivity contribution in [3.8, 4) is 6.07 Å². The number of hydrogen-bond donors (Lipinski definition) is 0. The van der Waals surface area contributed by atoms with Gasteiger partial charge in [0.2, 0.25) is 10.0 Å². The Hall–Kier alpha value is -1.13. The van der Waals surface area contributed by atoms with Crippen LogP contribution in [0, 0.1) is 11.3 Å². The number of piperazine rings is 1. The van der Waals surface area contributed by atoms with Gasteiger partial charge in [-0.1, -0.05) is 18.0 Å². The van der Waals surface area contributed by atoms with E-state index in [2.05, 4.69) is 4.90 Å². The fraction of sp³-hybridized carbons (Fsp3) is 0.562. The SMILES string of the molecule is C[C@@H]1CN2CCCC[C@@H]2CN1S(=O)(=O)c1ccc(C#N)c(Cl)c1. The number of rotatable bonds is 2. The van der Waals surface area contributed by atoms with Crippen molar-refractivity contribution in [3.63, 3.8) is 0 Å². The number of nitrogens with zero attached hydrogens (tertiary/aromatic N) is 3. The van der Waals surface area contributed by atoms with E-state index >= 15 is 0 Å². The number of piperidine rings is 1. The maximum Gasteiger partial charge on any atom is 0.243 e. The summed E-state index contributed by atoms with van der Waals surface area (Å²) in [6, 6.07) is 6.52. The Kier molecular flexibility index (Phi) is 4.65. The van der Waals surface area contributed by atoms with Crippen LogP contribution >= 0.6 is 11.6 Å². The molecule has 2 fully saturated rings. The molecular weight excluding hydrogens is 334 g/mol. The summed E-state index contributed by atoms with van der Waals surface area (Å²) in [7, 11) is -3.60. The molecule has 2 aliphatic heterocycles. The minimum absolute atomic E-state index is 0.0660. The summed E-state index contributed by atoms with van der Waals surface area (Å²) in [5, 5.41) is 9.11. The van der Waals surface area contributed by atoms with Crippen LogP contribution in [-0.4, -0.2) is 49.3 Å². The van der Waals surface area contributed by atoms with Gasteiger partial charge < -0.3 is 0 Å². The zero-order chi connectivity index (χ0) is 16.6. The van der Waals surface area contributed by atoms with Crippen molar-refractivity contribution in [2.75, 3.05) is 19.6 Å². The van der Waals surface area contributed by atoms with E-state index in [4.69, 9.17) is 16.9 Å². The Morgan fingerprint density at radius 2 is 2.09 bits per heavy atom. The van der Waals surface area contributed by atoms with Crippen molar-refractivity contribution < 1.29 is 8.42 Å². The minimum Gasteiger partial charge on any atom is -0.297 e. The van der Waals surface area contributed by atoms with E-state index < -0.39 is 10.0 Å². The molecule has 5 nitrogen and oxygen atoms in total. The first-order valence-corrected chi connectivity index (χ1v) is 9.71. The van der Waals surface area contributed by atoms with Crippen LogP contribution in [-0.2, 0) is 10.0 Å². The maximum absolute atomic E-state index is 13.0. The summed E-state index contributed by atoms with van der Waals surface area (Å²) < 4.78 is 27.6. The van der Waals surface area contributed by atoms with E-state index in [0.717, 1.165) is 25.9 Å². The lowest BCUT2D eigenvalue weighted by atomic mass is 9.99. The molecule has 0 bridgehead atoms. The second-order valence-electron chi connectivity index (χ2n) is 6.32. The first kappa shape index (κ1) is 16.7. The number of sulfonamides is 1. The molecule has 1 aromatic carbocycles. The van der Waals surface area contributed by atoms with Gasteiger partial charge in [-0.05, 0) is 44.5 Å². The molecule has 2 saturated heterocycles. The van der Waals surface area contributed by atoms with Gasteiger partial charge in [-0.15, -0.1) is 0 Å². The Morgan fingerprint density at radius 3 is 2.78 bits per heavy atom. The molecule has 3 rings (SSSR count). The molecule has 0 amide bonds. The number of hydrogen-bond acceptors (Lipinski definition) is 4. The van der Waals surface area contributed by atoms with E-state index in [0.29, 0.717) is 12.6 Å². The smallest absolute Gasteiger partial charge is 0.243 e. The Balaban J connectivity index is 1.90. The van der Waals surface area contributed by atoms with Crippen LogP contribution in [0.5, 0.6) is 0 Å². The van der Waals surface area contributed by atoms with E-state index in [1.54, 1.807) is 4.31 Å². The minimum atomic E-state index is -3.60. The maximum atomic E-state index is 13.0. The van der Waals surface area contributed by atoms with Gasteiger partial charge in [-0.2, -0.15) is 9.57 Å². The first-order chi connectivity index (χ1) is 10.9. The monoisotopic (exact) mass is 353 g/mol. The number of benzene rings is 1. The molecule has 0 N–H and O–H groups in total. The quantitative estimate of drug-likeness (QED) is 0.819. The van der Waals surface area contributed by atoms with Crippen molar-refractivity contribution in [3.05, 3.63) is 28.8 Å². The second-order valence-corrected chi connectivity index (χ2v) is 8.62. The van der Waals surface area contributed by atoms with Gasteiger partial charge in [0.25, 0.3) is 0 Å². The van der Waals surface area contributed by atoms with Crippen molar-refractivity contribution in [2.24, 2.45) is 0 Å². The number of nitriles is 1. The van der Waals surface area contributed by atoms with Crippen LogP contribution in [0.3, 0.4) is 0 Å². The molecule has 0 aliphatic carbocycles. The summed E-state index contributed by atoms with van der Waals surface area (Å²) in [4.78, 5) is 2.57. The van der Waals surface area contributed by atoms with E-state index in [-0.39, 0.29) is 21.5 Å². The topological polar surface area (TPSA) is 64.4 Å². The molecular formula is C16H20ClN3O2S. The summed E-state index contributed by atoms with van der Waals surface area (Å²) in [6.07, 6.45) is 3.40. The lowest BCUT2D eigenvalue weighted by Gasteiger charge is -2.46. The molecule has 23 heavy (non-hydrogen) atoms. The van der Waals surface area contributed by atoms with Crippen LogP contribution in [0.15, 0.2) is 23.1 Å². The molecule has 124 valence electrons. The summed E-state index contributed by atoms with van der Waals surface area (Å²) in [5.74, 6) is 0. The van der Waals surface area contributed by atoms with Gasteiger partial charge in [-0.3, -0.25) is 4.90 Å². The van der Waals surface area contributed by atoms with E-state index in [9.17, 15) is 8.42 Å². The fourth-order valence-electron chi connectivity index (χ4n) is 3.54. The molecule has 2 aliphatic rings. The van der Waals surface area contributed by atoms with Crippen molar-refractivity contribution in [1.29, 1.82) is 5.26 Å². The molecule has 2 heterocycles. The van der Waals surface area contributed by atoms with Crippen LogP contribution in [0.1, 0.15) is 31.7 Å². The fourth-order valence-corrected chi connectivity index (χ4v) is 5.52. The highest BCUT2D eigenvalue weighted by Gasteiger charge is 2.39. The normalized spacial score (nSPS) is 26.5. The van der Waals surface area contributed by atoms with Crippen LogP contribution in [0.4, 0.5) is 0 Å². The summed E-state index contributed by atoms with van der Waals surface area (Å²) in [6.45, 7) is 4.31. The van der Waals surface area contributed by atoms with Crippen LogP contribution in [0.25, 0.3) is 0 Å². The van der Waals surface area contributed by atoms with Crippen molar-refractivity contribution in [2.45, 2.75) is 43.2 Å². The van der Waals surface area contributed by atoms with Crippen LogP contribution < -0.4 is 0 Å². The highest BCUT2D eigenvalue weighted by molar-refractivity contribution is 7.89. The summed E-state index contributed by atoms with van der Waals surface area (Å²) in [5.41, 5.74) is 0.288. The standard InChI is InChI=1S/C16H20ClN3O2S/c1-12-10-19-7-3-2-4-14(19)11-20(12)23(21,22)15-6-5-13(9-18)16(17)8-15/h5-6,8,12,14H,2-4,7,10-11H2,1H3/t12-,14-/m1/s1. The third kappa shape index (κ3) is 3.11. The predicted molar refractivity (Wildman–Crippen MR) is 88.7 cm³/mol. The Morgan fingerprint density at radius 1 is 1.30 bits per heavy atom. The van der Waals surface area contributed by atoms with E-state index in [1.165, 1.54) is 24.6 Å². The Bertz CT molecular complexity index is 744. The molecule has 0 unspecified atom stereocenters. The van der Waals surface area contributed by atoms with Gasteiger partial charge in [0.1, 0.15) is 6.07 Å². The zero-order valence-corrected chi connectivity index (χ0v) is 14.6. The van der Waals surface area contributed by atoms with Gasteiger partial charge in [0.15, 0.2) is 0 Å². The number of halogens is 1. The molecule has 0 spiro atoms. The Labute approximate surface area is 142 Å². The zero-order valence-electron chi connectivity index (χ0n) is 13.1. The molecule has 7 heteroatoms. The third-order valence-corrected chi connectivity index (χ3v) is 7.09. The van der Waals surface area contributed by atoms with Gasteiger partial charge >= 0.3 is 0 Å². The average Bonchev–Trinajstić information content (AvgIpc) is 2.54. The molecule has 0 radical (unpaired) electrons.